The fourth-order valence-electron chi connectivity index (χ4n) is 4.97. The molecule has 2 aromatic heterocycles. The van der Waals surface area contributed by atoms with Gasteiger partial charge in [-0.1, -0.05) is 55.5 Å². The predicted octanol–water partition coefficient (Wildman–Crippen LogP) is 5.52. The fraction of sp³-hybridized carbons (Fsp3) is 0.423. The van der Waals surface area contributed by atoms with E-state index < -0.39 is 5.54 Å². The van der Waals surface area contributed by atoms with E-state index in [1.54, 1.807) is 20.9 Å². The van der Waals surface area contributed by atoms with Gasteiger partial charge in [0.15, 0.2) is 0 Å². The third-order valence-corrected chi connectivity index (χ3v) is 8.15. The Bertz CT molecular complexity index is 1170. The molecule has 1 fully saturated rings. The Labute approximate surface area is 208 Å². The van der Waals surface area contributed by atoms with E-state index >= 15 is 0 Å². The van der Waals surface area contributed by atoms with Gasteiger partial charge in [-0.25, -0.2) is 0 Å². The smallest absolute Gasteiger partial charge is 0.273 e. The molecule has 1 aromatic carbocycles. The van der Waals surface area contributed by atoms with Crippen molar-refractivity contribution in [3.63, 3.8) is 0 Å². The molecule has 0 bridgehead atoms. The summed E-state index contributed by atoms with van der Waals surface area (Å²) in [7, 11) is 0. The number of halogens is 1. The zero-order valence-electron chi connectivity index (χ0n) is 19.3. The predicted molar refractivity (Wildman–Crippen MR) is 135 cm³/mol. The minimum Gasteiger partial charge on any atom is -0.351 e. The van der Waals surface area contributed by atoms with Crippen molar-refractivity contribution < 1.29 is 9.59 Å². The lowest BCUT2D eigenvalue weighted by Gasteiger charge is -2.44. The highest BCUT2D eigenvalue weighted by atomic mass is 35.5. The summed E-state index contributed by atoms with van der Waals surface area (Å²) in [5, 5.41) is 10.6. The minimum absolute atomic E-state index is 0.111. The largest absolute Gasteiger partial charge is 0.351 e. The summed E-state index contributed by atoms with van der Waals surface area (Å²) in [5.74, 6) is -0.296. The third-order valence-electron chi connectivity index (χ3n) is 7.00. The zero-order valence-corrected chi connectivity index (χ0v) is 20.9. The van der Waals surface area contributed by atoms with Gasteiger partial charge in [0.1, 0.15) is 16.9 Å². The summed E-state index contributed by atoms with van der Waals surface area (Å²) in [6.07, 6.45) is 6.66. The monoisotopic (exact) mass is 496 g/mol. The van der Waals surface area contributed by atoms with Crippen LogP contribution in [0, 0.1) is 0 Å². The van der Waals surface area contributed by atoms with Crippen LogP contribution in [0.25, 0.3) is 10.6 Å². The van der Waals surface area contributed by atoms with Crippen molar-refractivity contribution in [2.75, 3.05) is 0 Å². The molecule has 1 unspecified atom stereocenters. The lowest BCUT2D eigenvalue weighted by Crippen LogP contribution is -2.64. The summed E-state index contributed by atoms with van der Waals surface area (Å²) in [5.41, 5.74) is 1.14. The third kappa shape index (κ3) is 4.51. The molecular formula is C26H29ClN4O2S. The number of nitrogens with zero attached hydrogens (tertiary/aromatic N) is 3. The Morgan fingerprint density at radius 2 is 1.91 bits per heavy atom. The average molecular weight is 497 g/mol. The molecule has 2 amide bonds. The summed E-state index contributed by atoms with van der Waals surface area (Å²) in [6.45, 7) is 2.50. The first kappa shape index (κ1) is 23.1. The molecule has 0 spiro atoms. The Balaban J connectivity index is 1.49. The van der Waals surface area contributed by atoms with Crippen molar-refractivity contribution >= 4 is 34.8 Å². The van der Waals surface area contributed by atoms with Gasteiger partial charge in [0.2, 0.25) is 5.91 Å². The minimum atomic E-state index is -1.06. The van der Waals surface area contributed by atoms with Gasteiger partial charge in [-0.2, -0.15) is 5.10 Å². The Kier molecular flexibility index (Phi) is 6.49. The summed E-state index contributed by atoms with van der Waals surface area (Å²) < 4.78 is 1.71. The highest BCUT2D eigenvalue weighted by Gasteiger charge is 2.48. The number of carbonyl (C=O) groups excluding carboxylic acids is 2. The topological polar surface area (TPSA) is 67.2 Å². The molecule has 1 aliphatic carbocycles. The van der Waals surface area contributed by atoms with E-state index in [0.29, 0.717) is 23.8 Å². The molecule has 1 aliphatic heterocycles. The number of fused-ring (bicyclic) bond motifs is 1. The average Bonchev–Trinajstić information content (AvgIpc) is 3.43. The van der Waals surface area contributed by atoms with Gasteiger partial charge in [0.05, 0.1) is 11.4 Å². The van der Waals surface area contributed by atoms with Crippen LogP contribution < -0.4 is 5.32 Å². The van der Waals surface area contributed by atoms with Crippen LogP contribution in [0.4, 0.5) is 0 Å². The van der Waals surface area contributed by atoms with Gasteiger partial charge in [-0.15, -0.1) is 11.3 Å². The van der Waals surface area contributed by atoms with Crippen molar-refractivity contribution in [1.29, 1.82) is 0 Å². The van der Waals surface area contributed by atoms with E-state index in [2.05, 4.69) is 5.32 Å². The lowest BCUT2D eigenvalue weighted by molar-refractivity contribution is -0.134. The van der Waals surface area contributed by atoms with Crippen LogP contribution >= 0.6 is 22.9 Å². The van der Waals surface area contributed by atoms with E-state index in [1.807, 2.05) is 54.8 Å². The maximum Gasteiger partial charge on any atom is 0.273 e. The van der Waals surface area contributed by atoms with Gasteiger partial charge in [0.25, 0.3) is 5.91 Å². The van der Waals surface area contributed by atoms with E-state index in [4.69, 9.17) is 16.7 Å². The van der Waals surface area contributed by atoms with E-state index in [9.17, 15) is 9.59 Å². The number of benzene rings is 1. The molecule has 0 saturated heterocycles. The normalized spacial score (nSPS) is 21.2. The second kappa shape index (κ2) is 9.55. The number of rotatable bonds is 5. The highest BCUT2D eigenvalue weighted by molar-refractivity contribution is 7.13. The molecule has 0 radical (unpaired) electrons. The first-order valence-corrected chi connectivity index (χ1v) is 13.2. The highest BCUT2D eigenvalue weighted by Crippen LogP contribution is 2.33. The number of amides is 2. The van der Waals surface area contributed by atoms with Crippen LogP contribution in [0.5, 0.6) is 0 Å². The molecule has 34 heavy (non-hydrogen) atoms. The number of hydrogen-bond donors (Lipinski definition) is 1. The first-order valence-electron chi connectivity index (χ1n) is 11.9. The summed E-state index contributed by atoms with van der Waals surface area (Å²) >= 11 is 7.66. The number of hydrogen-bond acceptors (Lipinski definition) is 4. The van der Waals surface area contributed by atoms with E-state index in [-0.39, 0.29) is 17.9 Å². The fourth-order valence-corrected chi connectivity index (χ4v) is 5.78. The maximum absolute atomic E-state index is 13.8. The molecule has 2 aliphatic rings. The maximum atomic E-state index is 13.8. The molecule has 178 valence electrons. The molecule has 1 atom stereocenters. The SMILES string of the molecule is CC1(C(=O)NC2CCCCCC2)Cn2nc(-c3cccs3)cc2C(=O)N1Cc1ccc(Cl)cc1. The lowest BCUT2D eigenvalue weighted by atomic mass is 9.93. The van der Waals surface area contributed by atoms with Crippen LogP contribution in [-0.4, -0.2) is 38.1 Å². The van der Waals surface area contributed by atoms with Crippen molar-refractivity contribution in [2.24, 2.45) is 0 Å². The van der Waals surface area contributed by atoms with Gasteiger partial charge in [-0.3, -0.25) is 14.3 Å². The van der Waals surface area contributed by atoms with Crippen LogP contribution in [0.15, 0.2) is 47.8 Å². The molecule has 3 heterocycles. The number of aromatic nitrogens is 2. The summed E-state index contributed by atoms with van der Waals surface area (Å²) in [4.78, 5) is 30.3. The Morgan fingerprint density at radius 1 is 1.18 bits per heavy atom. The van der Waals surface area contributed by atoms with Crippen LogP contribution in [0.3, 0.4) is 0 Å². The van der Waals surface area contributed by atoms with Crippen LogP contribution in [0.2, 0.25) is 5.02 Å². The quantitative estimate of drug-likeness (QED) is 0.473. The van der Waals surface area contributed by atoms with Crippen LogP contribution in [0.1, 0.15) is 61.5 Å². The number of thiophene rings is 1. The van der Waals surface area contributed by atoms with Gasteiger partial charge < -0.3 is 10.2 Å². The van der Waals surface area contributed by atoms with Crippen molar-refractivity contribution in [3.8, 4) is 10.6 Å². The molecular weight excluding hydrogens is 468 g/mol. The number of nitrogens with one attached hydrogen (secondary N) is 1. The standard InChI is InChI=1S/C26H29ClN4O2S/c1-26(25(33)28-20-7-4-2-3-5-8-20)17-31-22(15-21(29-31)23-9-6-14-34-23)24(32)30(26)16-18-10-12-19(27)13-11-18/h6,9-15,20H,2-5,7-8,16-17H2,1H3,(H,28,33). The molecule has 6 nitrogen and oxygen atoms in total. The van der Waals surface area contributed by atoms with Gasteiger partial charge >= 0.3 is 0 Å². The molecule has 1 N–H and O–H groups in total. The Morgan fingerprint density at radius 3 is 2.59 bits per heavy atom. The van der Waals surface area contributed by atoms with Crippen LogP contribution in [-0.2, 0) is 17.9 Å². The zero-order chi connectivity index (χ0) is 23.7. The van der Waals surface area contributed by atoms with Crippen molar-refractivity contribution in [2.45, 2.75) is 70.1 Å². The van der Waals surface area contributed by atoms with Gasteiger partial charge in [-0.05, 0) is 55.0 Å². The molecule has 3 aromatic rings. The van der Waals surface area contributed by atoms with E-state index in [0.717, 1.165) is 41.8 Å². The van der Waals surface area contributed by atoms with Gasteiger partial charge in [0, 0.05) is 17.6 Å². The second-order valence-electron chi connectivity index (χ2n) is 9.50. The molecule has 1 saturated carbocycles. The summed E-state index contributed by atoms with van der Waals surface area (Å²) in [6, 6.07) is 13.4. The second-order valence-corrected chi connectivity index (χ2v) is 10.9. The van der Waals surface area contributed by atoms with E-state index in [1.165, 1.54) is 12.8 Å². The number of carbonyl (C=O) groups is 2. The van der Waals surface area contributed by atoms with Crippen molar-refractivity contribution in [1.82, 2.24) is 20.0 Å². The Hall–Kier alpha value is -2.64. The van der Waals surface area contributed by atoms with Crippen molar-refractivity contribution in [3.05, 3.63) is 64.1 Å². The first-order chi connectivity index (χ1) is 16.4. The molecule has 8 heteroatoms. The molecule has 5 rings (SSSR count).